The van der Waals surface area contributed by atoms with Crippen molar-refractivity contribution in [3.8, 4) is 0 Å². The van der Waals surface area contributed by atoms with Gasteiger partial charge in [-0.1, -0.05) is 11.6 Å². The summed E-state index contributed by atoms with van der Waals surface area (Å²) in [5.41, 5.74) is 0. The van der Waals surface area contributed by atoms with Gasteiger partial charge in [0.25, 0.3) is 0 Å². The highest BCUT2D eigenvalue weighted by molar-refractivity contribution is 6.34. The van der Waals surface area contributed by atoms with E-state index in [1.165, 1.54) is 0 Å². The SMILES string of the molecule is OC1CC(Nc2nnc(Cl)c3ccncc23)C1. The third-order valence-electron chi connectivity index (χ3n) is 2.99. The standard InChI is InChI=1S/C11H11ClN4O/c12-10-8-1-2-13-5-9(8)11(16-15-10)14-6-3-7(17)4-6/h1-2,5-7,17H,3-4H2,(H,14,16). The lowest BCUT2D eigenvalue weighted by atomic mass is 9.89. The van der Waals surface area contributed by atoms with Crippen LogP contribution in [0.4, 0.5) is 5.82 Å². The zero-order valence-electron chi connectivity index (χ0n) is 8.97. The Labute approximate surface area is 103 Å². The van der Waals surface area contributed by atoms with Gasteiger partial charge in [0.05, 0.1) is 6.10 Å². The number of aliphatic hydroxyl groups excluding tert-OH is 1. The van der Waals surface area contributed by atoms with Crippen LogP contribution < -0.4 is 5.32 Å². The average Bonchev–Trinajstić information content (AvgIpc) is 2.31. The predicted octanol–water partition coefficient (Wildman–Crippen LogP) is 1.61. The molecule has 2 N–H and O–H groups in total. The van der Waals surface area contributed by atoms with Crippen molar-refractivity contribution >= 4 is 28.2 Å². The lowest BCUT2D eigenvalue weighted by Gasteiger charge is -2.32. The summed E-state index contributed by atoms with van der Waals surface area (Å²) in [6, 6.07) is 2.07. The van der Waals surface area contributed by atoms with Crippen LogP contribution in [0.15, 0.2) is 18.5 Å². The summed E-state index contributed by atoms with van der Waals surface area (Å²) in [6.07, 6.45) is 4.68. The van der Waals surface area contributed by atoms with Crippen molar-refractivity contribution in [3.63, 3.8) is 0 Å². The number of hydrogen-bond acceptors (Lipinski definition) is 5. The number of aliphatic hydroxyl groups is 1. The van der Waals surface area contributed by atoms with Crippen LogP contribution in [0.1, 0.15) is 12.8 Å². The summed E-state index contributed by atoms with van der Waals surface area (Å²) < 4.78 is 0. The van der Waals surface area contributed by atoms with Crippen LogP contribution in [-0.2, 0) is 0 Å². The molecule has 0 unspecified atom stereocenters. The summed E-state index contributed by atoms with van der Waals surface area (Å²) in [5.74, 6) is 0.675. The van der Waals surface area contributed by atoms with E-state index in [2.05, 4.69) is 20.5 Å². The Morgan fingerprint density at radius 3 is 2.88 bits per heavy atom. The van der Waals surface area contributed by atoms with E-state index in [0.717, 1.165) is 23.6 Å². The van der Waals surface area contributed by atoms with Crippen LogP contribution in [0, 0.1) is 0 Å². The van der Waals surface area contributed by atoms with Gasteiger partial charge >= 0.3 is 0 Å². The first-order valence-electron chi connectivity index (χ1n) is 5.44. The summed E-state index contributed by atoms with van der Waals surface area (Å²) in [6.45, 7) is 0. The molecule has 2 aromatic rings. The van der Waals surface area contributed by atoms with Gasteiger partial charge in [0.2, 0.25) is 0 Å². The maximum atomic E-state index is 9.24. The zero-order chi connectivity index (χ0) is 11.8. The molecule has 1 fully saturated rings. The first-order chi connectivity index (χ1) is 8.24. The van der Waals surface area contributed by atoms with Crippen molar-refractivity contribution in [2.45, 2.75) is 25.0 Å². The molecule has 5 nitrogen and oxygen atoms in total. The Hall–Kier alpha value is -1.46. The zero-order valence-corrected chi connectivity index (χ0v) is 9.72. The van der Waals surface area contributed by atoms with Crippen LogP contribution in [-0.4, -0.2) is 32.4 Å². The molecule has 6 heteroatoms. The van der Waals surface area contributed by atoms with E-state index >= 15 is 0 Å². The first kappa shape index (κ1) is 10.7. The molecule has 0 spiro atoms. The van der Waals surface area contributed by atoms with Crippen molar-refractivity contribution in [1.82, 2.24) is 15.2 Å². The maximum Gasteiger partial charge on any atom is 0.159 e. The van der Waals surface area contributed by atoms with Crippen molar-refractivity contribution in [2.24, 2.45) is 0 Å². The molecular weight excluding hydrogens is 240 g/mol. The van der Waals surface area contributed by atoms with Crippen LogP contribution in [0.25, 0.3) is 10.8 Å². The maximum absolute atomic E-state index is 9.24. The summed E-state index contributed by atoms with van der Waals surface area (Å²) in [7, 11) is 0. The molecule has 17 heavy (non-hydrogen) atoms. The molecule has 1 aliphatic rings. The Morgan fingerprint density at radius 2 is 2.12 bits per heavy atom. The van der Waals surface area contributed by atoms with Crippen LogP contribution in [0.5, 0.6) is 0 Å². The molecule has 0 aromatic carbocycles. The number of nitrogens with one attached hydrogen (secondary N) is 1. The monoisotopic (exact) mass is 250 g/mol. The Bertz CT molecular complexity index is 556. The highest BCUT2D eigenvalue weighted by atomic mass is 35.5. The largest absolute Gasteiger partial charge is 0.393 e. The quantitative estimate of drug-likeness (QED) is 0.847. The number of rotatable bonds is 2. The topological polar surface area (TPSA) is 70.9 Å². The lowest BCUT2D eigenvalue weighted by Crippen LogP contribution is -2.39. The predicted molar refractivity (Wildman–Crippen MR) is 65.0 cm³/mol. The highest BCUT2D eigenvalue weighted by Gasteiger charge is 2.27. The molecule has 1 aliphatic carbocycles. The molecule has 2 heterocycles. The van der Waals surface area contributed by atoms with Gasteiger partial charge in [0, 0.05) is 29.2 Å². The molecule has 0 bridgehead atoms. The lowest BCUT2D eigenvalue weighted by molar-refractivity contribution is 0.0835. The van der Waals surface area contributed by atoms with E-state index in [4.69, 9.17) is 11.6 Å². The van der Waals surface area contributed by atoms with E-state index in [-0.39, 0.29) is 12.1 Å². The van der Waals surface area contributed by atoms with Gasteiger partial charge in [-0.25, -0.2) is 0 Å². The number of fused-ring (bicyclic) bond motifs is 1. The number of pyridine rings is 1. The Balaban J connectivity index is 1.96. The molecule has 88 valence electrons. The van der Waals surface area contributed by atoms with E-state index in [0.29, 0.717) is 11.0 Å². The van der Waals surface area contributed by atoms with E-state index in [9.17, 15) is 5.11 Å². The average molecular weight is 251 g/mol. The van der Waals surface area contributed by atoms with Crippen molar-refractivity contribution in [3.05, 3.63) is 23.6 Å². The summed E-state index contributed by atoms with van der Waals surface area (Å²) in [5, 5.41) is 22.5. The van der Waals surface area contributed by atoms with Gasteiger partial charge in [-0.15, -0.1) is 10.2 Å². The third kappa shape index (κ3) is 1.92. The fraction of sp³-hybridized carbons (Fsp3) is 0.364. The van der Waals surface area contributed by atoms with Gasteiger partial charge in [-0.05, 0) is 18.9 Å². The molecule has 0 radical (unpaired) electrons. The Kier molecular flexibility index (Phi) is 2.57. The molecule has 3 rings (SSSR count). The molecule has 0 amide bonds. The second-order valence-corrected chi connectivity index (χ2v) is 4.59. The van der Waals surface area contributed by atoms with E-state index in [1.54, 1.807) is 12.4 Å². The minimum absolute atomic E-state index is 0.197. The van der Waals surface area contributed by atoms with E-state index in [1.807, 2.05) is 6.07 Å². The Morgan fingerprint density at radius 1 is 1.29 bits per heavy atom. The number of anilines is 1. The highest BCUT2D eigenvalue weighted by Crippen LogP contribution is 2.28. The second kappa shape index (κ2) is 4.09. The van der Waals surface area contributed by atoms with Gasteiger partial charge in [0.15, 0.2) is 11.0 Å². The summed E-state index contributed by atoms with van der Waals surface area (Å²) >= 11 is 5.97. The number of nitrogens with zero attached hydrogens (tertiary/aromatic N) is 3. The van der Waals surface area contributed by atoms with E-state index < -0.39 is 0 Å². The molecular formula is C11H11ClN4O. The fourth-order valence-electron chi connectivity index (χ4n) is 1.97. The molecule has 0 aliphatic heterocycles. The fourth-order valence-corrected chi connectivity index (χ4v) is 2.17. The third-order valence-corrected chi connectivity index (χ3v) is 3.27. The molecule has 1 saturated carbocycles. The molecule has 0 atom stereocenters. The van der Waals surface area contributed by atoms with Gasteiger partial charge in [0.1, 0.15) is 0 Å². The van der Waals surface area contributed by atoms with Crippen molar-refractivity contribution in [2.75, 3.05) is 5.32 Å². The number of aromatic nitrogens is 3. The van der Waals surface area contributed by atoms with Crippen LogP contribution >= 0.6 is 11.6 Å². The van der Waals surface area contributed by atoms with Gasteiger partial charge < -0.3 is 10.4 Å². The van der Waals surface area contributed by atoms with Gasteiger partial charge in [-0.2, -0.15) is 0 Å². The second-order valence-electron chi connectivity index (χ2n) is 4.23. The summed E-state index contributed by atoms with van der Waals surface area (Å²) in [4.78, 5) is 4.06. The van der Waals surface area contributed by atoms with Gasteiger partial charge in [-0.3, -0.25) is 4.98 Å². The smallest absolute Gasteiger partial charge is 0.159 e. The minimum Gasteiger partial charge on any atom is -0.393 e. The molecule has 2 aromatic heterocycles. The number of halogens is 1. The molecule has 0 saturated heterocycles. The number of hydrogen-bond donors (Lipinski definition) is 2. The van der Waals surface area contributed by atoms with Crippen LogP contribution in [0.2, 0.25) is 5.15 Å². The normalized spacial score (nSPS) is 23.4. The minimum atomic E-state index is -0.197. The first-order valence-corrected chi connectivity index (χ1v) is 5.82. The van der Waals surface area contributed by atoms with Crippen molar-refractivity contribution in [1.29, 1.82) is 0 Å². The van der Waals surface area contributed by atoms with Crippen molar-refractivity contribution < 1.29 is 5.11 Å². The van der Waals surface area contributed by atoms with Crippen LogP contribution in [0.3, 0.4) is 0 Å².